The SMILES string of the molecule is CCCN(C)CC.CCCN(C)CC.CCC[NH+](CC)c1ccccc1.CCC[NH+](CC)c1ccccc1.CCN(C)C.CCN(C)CC.CCN(C)CC.CCN(C)CC.CC[NH+](C)c1ccccc1.CC[NH+](CC)c1ccccc1.CC[NH+](CC)c1ccccc1.CC[NH+](CC)c1ccccc1. The van der Waals surface area contributed by atoms with Crippen molar-refractivity contribution in [2.24, 2.45) is 0 Å². The van der Waals surface area contributed by atoms with E-state index in [0.29, 0.717) is 0 Å². The minimum atomic E-state index is 1.14. The van der Waals surface area contributed by atoms with Crippen LogP contribution in [-0.4, -0.2) is 230 Å². The lowest BCUT2D eigenvalue weighted by atomic mass is 10.3. The Kier molecular flexibility index (Phi) is 88.1. The molecule has 12 nitrogen and oxygen atoms in total. The van der Waals surface area contributed by atoms with E-state index < -0.39 is 0 Å². The smallest absolute Gasteiger partial charge is 0.131 e. The molecule has 0 heterocycles. The normalized spacial score (nSPS) is 11.1. The Morgan fingerprint density at radius 2 is 0.375 bits per heavy atom. The van der Waals surface area contributed by atoms with E-state index in [2.05, 4.69) is 414 Å². The van der Waals surface area contributed by atoms with Gasteiger partial charge in [0.05, 0.1) is 79.0 Å². The Labute approximate surface area is 649 Å². The molecule has 0 aliphatic carbocycles. The van der Waals surface area contributed by atoms with Gasteiger partial charge in [-0.2, -0.15) is 0 Å². The van der Waals surface area contributed by atoms with Crippen molar-refractivity contribution in [3.8, 4) is 0 Å². The minimum absolute atomic E-state index is 1.14. The van der Waals surface area contributed by atoms with Gasteiger partial charge >= 0.3 is 0 Å². The summed E-state index contributed by atoms with van der Waals surface area (Å²) < 4.78 is 0. The summed E-state index contributed by atoms with van der Waals surface area (Å²) in [6.07, 6.45) is 5.03. The van der Waals surface area contributed by atoms with Gasteiger partial charge in [-0.05, 0) is 282 Å². The van der Waals surface area contributed by atoms with Crippen LogP contribution in [0.25, 0.3) is 0 Å². The maximum Gasteiger partial charge on any atom is 0.131 e. The molecule has 104 heavy (non-hydrogen) atoms. The molecule has 6 aromatic carbocycles. The molecule has 6 rings (SSSR count). The zero-order chi connectivity index (χ0) is 80.0. The van der Waals surface area contributed by atoms with Crippen molar-refractivity contribution in [3.63, 3.8) is 0 Å². The maximum atomic E-state index is 2.31. The predicted molar refractivity (Wildman–Crippen MR) is 471 cm³/mol. The molecule has 0 aromatic heterocycles. The van der Waals surface area contributed by atoms with Gasteiger partial charge in [0.25, 0.3) is 0 Å². The van der Waals surface area contributed by atoms with E-state index in [0.717, 1.165) is 52.4 Å². The molecule has 0 aliphatic rings. The van der Waals surface area contributed by atoms with Gasteiger partial charge < -0.3 is 58.8 Å². The molecule has 0 aliphatic heterocycles. The van der Waals surface area contributed by atoms with Crippen molar-refractivity contribution in [1.29, 1.82) is 0 Å². The standard InChI is InChI=1S/2C11H17N.3C10H15N.C9H13N.2C6H15N.3C5H13N.C4H11N/c2*1-3-10-12(4-2)11-8-6-5-7-9-11;3*1-3-11(4-2)10-8-6-5-7-9-10;1-3-10(2)9-7-5-4-6-8-9;2*1-4-6-7(3)5-2;3*1-4-6(3)5-2;1-4-5(2)3/h2*5-9H,3-4,10H2,1-2H3;3*5-9H,3-4H2,1-2H3;4-8H,3H2,1-2H3;2*4-6H2,1-3H3;3*4-5H2,1-3H3;4H2,1-3H3/p+6. The fraction of sp³-hybridized carbons (Fsp3) is 0.609. The third-order valence-electron chi connectivity index (χ3n) is 18.4. The molecular formula is C92H178N12+6. The Morgan fingerprint density at radius 1 is 0.202 bits per heavy atom. The van der Waals surface area contributed by atoms with Crippen molar-refractivity contribution in [2.45, 2.75) is 178 Å². The summed E-state index contributed by atoms with van der Waals surface area (Å²) in [6, 6.07) is 63.8. The Hall–Kier alpha value is -5.16. The fourth-order valence-corrected chi connectivity index (χ4v) is 9.68. The van der Waals surface area contributed by atoms with Gasteiger partial charge in [-0.25, -0.2) is 0 Å². The highest BCUT2D eigenvalue weighted by molar-refractivity contribution is 5.31. The number of nitrogens with one attached hydrogen (secondary N) is 6. The van der Waals surface area contributed by atoms with Crippen LogP contribution >= 0.6 is 0 Å². The van der Waals surface area contributed by atoms with Crippen LogP contribution in [0, 0.1) is 0 Å². The molecule has 6 aromatic rings. The summed E-state index contributed by atoms with van der Waals surface area (Å²) >= 11 is 0. The first-order chi connectivity index (χ1) is 50.1. The number of quaternary nitrogens is 6. The van der Waals surface area contributed by atoms with Crippen LogP contribution < -0.4 is 29.4 Å². The zero-order valence-electron chi connectivity index (χ0n) is 74.4. The third-order valence-corrected chi connectivity index (χ3v) is 18.4. The van der Waals surface area contributed by atoms with Gasteiger partial charge in [0, 0.05) is 0 Å². The second-order valence-electron chi connectivity index (χ2n) is 26.3. The highest BCUT2D eigenvalue weighted by atomic mass is 15.1. The molecule has 0 saturated heterocycles. The molecule has 12 heteroatoms. The van der Waals surface area contributed by atoms with E-state index in [4.69, 9.17) is 0 Å². The number of para-hydroxylation sites is 6. The van der Waals surface area contributed by atoms with Crippen molar-refractivity contribution >= 4 is 34.1 Å². The van der Waals surface area contributed by atoms with Crippen molar-refractivity contribution in [3.05, 3.63) is 182 Å². The van der Waals surface area contributed by atoms with Gasteiger partial charge in [0.15, 0.2) is 0 Å². The van der Waals surface area contributed by atoms with Gasteiger partial charge in [0.2, 0.25) is 0 Å². The number of nitrogens with zero attached hydrogens (tertiary/aromatic N) is 6. The highest BCUT2D eigenvalue weighted by Crippen LogP contribution is 2.02. The molecule has 600 valence electrons. The monoisotopic (exact) mass is 1450 g/mol. The average molecular weight is 1450 g/mol. The number of hydrogen-bond donors (Lipinski definition) is 6. The zero-order valence-corrected chi connectivity index (χ0v) is 74.4. The van der Waals surface area contributed by atoms with Gasteiger partial charge in [0.1, 0.15) is 34.1 Å². The van der Waals surface area contributed by atoms with E-state index >= 15 is 0 Å². The third kappa shape index (κ3) is 67.4. The summed E-state index contributed by atoms with van der Waals surface area (Å²) in [5, 5.41) is 0. The van der Waals surface area contributed by atoms with Crippen molar-refractivity contribution in [1.82, 2.24) is 29.4 Å². The van der Waals surface area contributed by atoms with Crippen molar-refractivity contribution in [2.75, 3.05) is 200 Å². The summed E-state index contributed by atoms with van der Waals surface area (Å²) in [5.74, 6) is 0. The van der Waals surface area contributed by atoms with Gasteiger partial charge in [-0.15, -0.1) is 0 Å². The van der Waals surface area contributed by atoms with Crippen LogP contribution in [0.3, 0.4) is 0 Å². The Bertz CT molecular complexity index is 2260. The first-order valence-electron chi connectivity index (χ1n) is 41.5. The molecular weight excluding hydrogens is 1270 g/mol. The van der Waals surface area contributed by atoms with Crippen molar-refractivity contribution < 1.29 is 29.4 Å². The lowest BCUT2D eigenvalue weighted by Crippen LogP contribution is -3.06. The Balaban J connectivity index is -0.000000255. The summed E-state index contributed by atoms with van der Waals surface area (Å²) in [5.41, 5.74) is 8.40. The highest BCUT2D eigenvalue weighted by Gasteiger charge is 2.09. The van der Waals surface area contributed by atoms with E-state index in [1.54, 1.807) is 24.5 Å². The lowest BCUT2D eigenvalue weighted by molar-refractivity contribution is -0.830. The van der Waals surface area contributed by atoms with E-state index in [-0.39, 0.29) is 0 Å². The number of hydrogen-bond acceptors (Lipinski definition) is 6. The van der Waals surface area contributed by atoms with Crippen LogP contribution in [0.1, 0.15) is 178 Å². The molecule has 0 bridgehead atoms. The molecule has 0 fully saturated rings. The maximum absolute atomic E-state index is 2.31. The minimum Gasteiger partial charge on any atom is -0.310 e. The van der Waals surface area contributed by atoms with E-state index in [1.165, 1.54) is 156 Å². The largest absolute Gasteiger partial charge is 0.310 e. The van der Waals surface area contributed by atoms with Crippen LogP contribution in [-0.2, 0) is 0 Å². The summed E-state index contributed by atoms with van der Waals surface area (Å²) in [7, 11) is 16.9. The van der Waals surface area contributed by atoms with Crippen LogP contribution in [0.2, 0.25) is 0 Å². The van der Waals surface area contributed by atoms with Gasteiger partial charge in [-0.1, -0.05) is 199 Å². The lowest BCUT2D eigenvalue weighted by Gasteiger charge is -2.15. The topological polar surface area (TPSA) is 46.1 Å². The Morgan fingerprint density at radius 3 is 0.490 bits per heavy atom. The molecule has 0 saturated carbocycles. The second-order valence-corrected chi connectivity index (χ2v) is 26.3. The number of benzene rings is 6. The first-order valence-corrected chi connectivity index (χ1v) is 41.5. The van der Waals surface area contributed by atoms with Crippen LogP contribution in [0.15, 0.2) is 182 Å². The average Bonchev–Trinajstić information content (AvgIpc) is 0.975. The first kappa shape index (κ1) is 110. The molecule has 0 radical (unpaired) electrons. The summed E-state index contributed by atoms with van der Waals surface area (Å²) in [6.45, 7) is 74.1. The number of rotatable bonds is 32. The van der Waals surface area contributed by atoms with Gasteiger partial charge in [-0.3, -0.25) is 0 Å². The molecule has 0 amide bonds. The summed E-state index contributed by atoms with van der Waals surface area (Å²) in [4.78, 5) is 22.7. The molecule has 3 unspecified atom stereocenters. The van der Waals surface area contributed by atoms with E-state index in [1.807, 2.05) is 6.07 Å². The molecule has 6 N–H and O–H groups in total. The fourth-order valence-electron chi connectivity index (χ4n) is 9.68. The van der Waals surface area contributed by atoms with E-state index in [9.17, 15) is 0 Å². The van der Waals surface area contributed by atoms with Crippen LogP contribution in [0.5, 0.6) is 0 Å². The van der Waals surface area contributed by atoms with Crippen LogP contribution in [0.4, 0.5) is 34.1 Å². The predicted octanol–water partition coefficient (Wildman–Crippen LogP) is 14.0. The second kappa shape index (κ2) is 83.5. The molecule has 0 spiro atoms. The quantitative estimate of drug-likeness (QED) is 0.0253. The molecule has 3 atom stereocenters.